The number of hydrogen-bond acceptors (Lipinski definition) is 4. The molecule has 1 unspecified atom stereocenters. The highest BCUT2D eigenvalue weighted by atomic mass is 35.5. The first-order chi connectivity index (χ1) is 12.3. The molecule has 0 aliphatic carbocycles. The molecule has 1 amide bonds. The molecule has 1 heterocycles. The maximum Gasteiger partial charge on any atom is 0.254 e. The monoisotopic (exact) mass is 392 g/mol. The van der Waals surface area contributed by atoms with Crippen LogP contribution in [0, 0.1) is 6.92 Å². The molecule has 1 atom stereocenters. The van der Waals surface area contributed by atoms with Crippen molar-refractivity contribution in [1.82, 2.24) is 10.2 Å². The molecule has 1 aliphatic heterocycles. The van der Waals surface area contributed by atoms with Crippen molar-refractivity contribution < 1.29 is 13.2 Å². The van der Waals surface area contributed by atoms with Crippen molar-refractivity contribution in [2.75, 3.05) is 25.9 Å². The van der Waals surface area contributed by atoms with E-state index in [1.807, 2.05) is 18.2 Å². The van der Waals surface area contributed by atoms with Crippen LogP contribution in [0.1, 0.15) is 27.5 Å². The Morgan fingerprint density at radius 2 is 2.00 bits per heavy atom. The number of amides is 1. The van der Waals surface area contributed by atoms with Crippen LogP contribution < -0.4 is 5.32 Å². The fraction of sp³-hybridized carbons (Fsp3) is 0.316. The zero-order valence-corrected chi connectivity index (χ0v) is 16.3. The van der Waals surface area contributed by atoms with E-state index in [1.54, 1.807) is 30.0 Å². The van der Waals surface area contributed by atoms with E-state index < -0.39 is 9.84 Å². The summed E-state index contributed by atoms with van der Waals surface area (Å²) >= 11 is 6.11. The Kier molecular flexibility index (Phi) is 5.37. The van der Waals surface area contributed by atoms with Gasteiger partial charge in [-0.2, -0.15) is 0 Å². The van der Waals surface area contributed by atoms with Gasteiger partial charge in [0.1, 0.15) is 0 Å². The van der Waals surface area contributed by atoms with E-state index in [-0.39, 0.29) is 16.8 Å². The fourth-order valence-corrected chi connectivity index (χ4v) is 4.45. The molecule has 0 bridgehead atoms. The average molecular weight is 393 g/mol. The van der Waals surface area contributed by atoms with Crippen molar-refractivity contribution in [1.29, 1.82) is 0 Å². The molecule has 0 aromatic heterocycles. The van der Waals surface area contributed by atoms with Crippen LogP contribution in [-0.2, 0) is 9.84 Å². The molecule has 1 aliphatic rings. The van der Waals surface area contributed by atoms with Gasteiger partial charge in [0.25, 0.3) is 5.91 Å². The zero-order valence-electron chi connectivity index (χ0n) is 14.7. The molecule has 0 spiro atoms. The Labute approximate surface area is 158 Å². The summed E-state index contributed by atoms with van der Waals surface area (Å²) in [5, 5.41) is 3.92. The summed E-state index contributed by atoms with van der Waals surface area (Å²) in [7, 11) is -3.39. The Balaban J connectivity index is 1.97. The highest BCUT2D eigenvalue weighted by molar-refractivity contribution is 7.90. The quantitative estimate of drug-likeness (QED) is 0.872. The normalized spacial score (nSPS) is 18.0. The van der Waals surface area contributed by atoms with Crippen LogP contribution >= 0.6 is 11.6 Å². The van der Waals surface area contributed by atoms with Crippen LogP contribution in [0.4, 0.5) is 0 Å². The minimum Gasteiger partial charge on any atom is -0.329 e. The lowest BCUT2D eigenvalue weighted by molar-refractivity contribution is 0.0634. The molecular weight excluding hydrogens is 372 g/mol. The van der Waals surface area contributed by atoms with Crippen LogP contribution in [0.5, 0.6) is 0 Å². The number of piperazine rings is 1. The third kappa shape index (κ3) is 3.92. The molecule has 7 heteroatoms. The number of nitrogens with one attached hydrogen (secondary N) is 1. The highest BCUT2D eigenvalue weighted by Gasteiger charge is 2.29. The summed E-state index contributed by atoms with van der Waals surface area (Å²) in [6, 6.07) is 12.2. The lowest BCUT2D eigenvalue weighted by atomic mass is 10.0. The van der Waals surface area contributed by atoms with Gasteiger partial charge in [-0.05, 0) is 42.3 Å². The van der Waals surface area contributed by atoms with Crippen molar-refractivity contribution in [2.24, 2.45) is 0 Å². The van der Waals surface area contributed by atoms with Gasteiger partial charge in [0.15, 0.2) is 9.84 Å². The number of carbonyl (C=O) groups is 1. The lowest BCUT2D eigenvalue weighted by Crippen LogP contribution is -2.48. The van der Waals surface area contributed by atoms with E-state index in [2.05, 4.69) is 5.32 Å². The van der Waals surface area contributed by atoms with Crippen molar-refractivity contribution in [2.45, 2.75) is 17.9 Å². The van der Waals surface area contributed by atoms with E-state index in [0.717, 1.165) is 11.8 Å². The Morgan fingerprint density at radius 3 is 2.69 bits per heavy atom. The highest BCUT2D eigenvalue weighted by Crippen LogP contribution is 2.27. The molecule has 1 fully saturated rings. The van der Waals surface area contributed by atoms with Crippen LogP contribution in [0.25, 0.3) is 0 Å². The van der Waals surface area contributed by atoms with Gasteiger partial charge >= 0.3 is 0 Å². The predicted molar refractivity (Wildman–Crippen MR) is 102 cm³/mol. The van der Waals surface area contributed by atoms with E-state index >= 15 is 0 Å². The number of carbonyl (C=O) groups excluding carboxylic acids is 1. The van der Waals surface area contributed by atoms with Crippen molar-refractivity contribution in [3.63, 3.8) is 0 Å². The number of nitrogens with zero attached hydrogens (tertiary/aromatic N) is 1. The number of sulfone groups is 1. The Bertz CT molecular complexity index is 944. The van der Waals surface area contributed by atoms with Gasteiger partial charge in [0.05, 0.1) is 10.9 Å². The van der Waals surface area contributed by atoms with Crippen LogP contribution in [-0.4, -0.2) is 45.1 Å². The Morgan fingerprint density at radius 1 is 1.23 bits per heavy atom. The number of aryl methyl sites for hydroxylation is 1. The molecule has 0 radical (unpaired) electrons. The molecule has 1 saturated heterocycles. The van der Waals surface area contributed by atoms with E-state index in [1.165, 1.54) is 6.07 Å². The molecule has 138 valence electrons. The minimum atomic E-state index is -3.39. The second-order valence-corrected chi connectivity index (χ2v) is 8.95. The molecule has 3 rings (SSSR count). The largest absolute Gasteiger partial charge is 0.329 e. The molecule has 0 saturated carbocycles. The zero-order chi connectivity index (χ0) is 18.9. The standard InChI is InChI=1S/C19H21ClN2O3S/c1-13-6-7-15(11-18(13)26(2,24)25)19(23)22-9-8-21-12-17(22)14-4-3-5-16(20)10-14/h3-7,10-11,17,21H,8-9,12H2,1-2H3. The van der Waals surface area contributed by atoms with Crippen molar-refractivity contribution in [3.05, 3.63) is 64.2 Å². The van der Waals surface area contributed by atoms with Crippen LogP contribution in [0.3, 0.4) is 0 Å². The first-order valence-electron chi connectivity index (χ1n) is 8.35. The SMILES string of the molecule is Cc1ccc(C(=O)N2CCNCC2c2cccc(Cl)c2)cc1S(C)(=O)=O. The van der Waals surface area contributed by atoms with E-state index in [0.29, 0.717) is 35.8 Å². The summed E-state index contributed by atoms with van der Waals surface area (Å²) in [5.74, 6) is -0.179. The van der Waals surface area contributed by atoms with Gasteiger partial charge in [-0.3, -0.25) is 4.79 Å². The molecule has 2 aromatic carbocycles. The predicted octanol–water partition coefficient (Wildman–Crippen LogP) is 2.84. The topological polar surface area (TPSA) is 66.5 Å². The Hall–Kier alpha value is -1.89. The molecular formula is C19H21ClN2O3S. The second-order valence-electron chi connectivity index (χ2n) is 6.53. The number of hydrogen-bond donors (Lipinski definition) is 1. The van der Waals surface area contributed by atoms with Gasteiger partial charge in [-0.25, -0.2) is 8.42 Å². The van der Waals surface area contributed by atoms with Gasteiger partial charge < -0.3 is 10.2 Å². The number of halogens is 1. The number of rotatable bonds is 3. The maximum atomic E-state index is 13.1. The first-order valence-corrected chi connectivity index (χ1v) is 10.6. The third-order valence-corrected chi connectivity index (χ3v) is 6.05. The second kappa shape index (κ2) is 7.39. The van der Waals surface area contributed by atoms with Crippen molar-refractivity contribution in [3.8, 4) is 0 Å². The summed E-state index contributed by atoms with van der Waals surface area (Å²) in [5.41, 5.74) is 1.97. The van der Waals surface area contributed by atoms with Crippen LogP contribution in [0.15, 0.2) is 47.4 Å². The van der Waals surface area contributed by atoms with Gasteiger partial charge in [0, 0.05) is 36.5 Å². The van der Waals surface area contributed by atoms with Crippen molar-refractivity contribution >= 4 is 27.3 Å². The van der Waals surface area contributed by atoms with Gasteiger partial charge in [-0.1, -0.05) is 29.8 Å². The molecule has 5 nitrogen and oxygen atoms in total. The summed E-state index contributed by atoms with van der Waals surface area (Å²) in [6.45, 7) is 3.58. The maximum absolute atomic E-state index is 13.1. The molecule has 26 heavy (non-hydrogen) atoms. The first kappa shape index (κ1) is 18.9. The summed E-state index contributed by atoms with van der Waals surface area (Å²) < 4.78 is 24.0. The minimum absolute atomic E-state index is 0.155. The molecule has 2 aromatic rings. The van der Waals surface area contributed by atoms with Gasteiger partial charge in [-0.15, -0.1) is 0 Å². The fourth-order valence-electron chi connectivity index (χ4n) is 3.26. The third-order valence-electron chi connectivity index (χ3n) is 4.57. The number of benzene rings is 2. The average Bonchev–Trinajstić information content (AvgIpc) is 2.60. The van der Waals surface area contributed by atoms with E-state index in [4.69, 9.17) is 11.6 Å². The van der Waals surface area contributed by atoms with E-state index in [9.17, 15) is 13.2 Å². The van der Waals surface area contributed by atoms with Crippen LogP contribution in [0.2, 0.25) is 5.02 Å². The summed E-state index contributed by atoms with van der Waals surface area (Å²) in [6.07, 6.45) is 1.16. The summed E-state index contributed by atoms with van der Waals surface area (Å²) in [4.78, 5) is 15.1. The van der Waals surface area contributed by atoms with Gasteiger partial charge in [0.2, 0.25) is 0 Å². The molecule has 1 N–H and O–H groups in total. The lowest BCUT2D eigenvalue weighted by Gasteiger charge is -2.36. The smallest absolute Gasteiger partial charge is 0.254 e.